The average Bonchev–Trinajstić information content (AvgIpc) is 2.55. The number of nitro groups is 1. The van der Waals surface area contributed by atoms with E-state index in [1.807, 2.05) is 11.8 Å². The number of halogens is 1. The van der Waals surface area contributed by atoms with Crippen LogP contribution in [0.25, 0.3) is 0 Å². The number of carbonyl (C=O) groups excluding carboxylic acids is 1. The van der Waals surface area contributed by atoms with Crippen molar-refractivity contribution < 1.29 is 14.5 Å². The maximum atomic E-state index is 12.7. The first kappa shape index (κ1) is 17.6. The Kier molecular flexibility index (Phi) is 5.55. The predicted octanol–water partition coefficient (Wildman–Crippen LogP) is 1.62. The highest BCUT2D eigenvalue weighted by atomic mass is 79.9. The summed E-state index contributed by atoms with van der Waals surface area (Å²) in [4.78, 5) is 26.5. The quantitative estimate of drug-likeness (QED) is 0.479. The average molecular weight is 387 g/mol. The van der Waals surface area contributed by atoms with Gasteiger partial charge in [0.15, 0.2) is 0 Å². The molecule has 0 radical (unpaired) electrons. The number of hydrogen-bond acceptors (Lipinski definition) is 6. The number of nitrogen functional groups attached to an aromatic ring is 1. The van der Waals surface area contributed by atoms with Crippen molar-refractivity contribution in [2.45, 2.75) is 13.0 Å². The Morgan fingerprint density at radius 2 is 2.09 bits per heavy atom. The molecular formula is C14H19BrN4O4. The Labute approximate surface area is 142 Å². The number of morpholine rings is 1. The van der Waals surface area contributed by atoms with Crippen molar-refractivity contribution >= 4 is 38.9 Å². The summed E-state index contributed by atoms with van der Waals surface area (Å²) in [7, 11) is 1.63. The first-order chi connectivity index (χ1) is 10.8. The second-order valence-electron chi connectivity index (χ2n) is 5.34. The van der Waals surface area contributed by atoms with Crippen LogP contribution in [-0.4, -0.2) is 55.1 Å². The van der Waals surface area contributed by atoms with Crippen LogP contribution in [0, 0.1) is 10.1 Å². The van der Waals surface area contributed by atoms with E-state index in [1.165, 1.54) is 17.0 Å². The summed E-state index contributed by atoms with van der Waals surface area (Å²) in [6.07, 6.45) is 0. The van der Waals surface area contributed by atoms with Crippen molar-refractivity contribution in [3.8, 4) is 0 Å². The van der Waals surface area contributed by atoms with Gasteiger partial charge in [0.2, 0.25) is 5.91 Å². The molecule has 1 aliphatic heterocycles. The van der Waals surface area contributed by atoms with Gasteiger partial charge in [0.1, 0.15) is 5.69 Å². The molecule has 1 atom stereocenters. The van der Waals surface area contributed by atoms with Gasteiger partial charge in [-0.05, 0) is 28.9 Å². The number of nitrogens with two attached hydrogens (primary N) is 1. The number of benzene rings is 1. The molecule has 1 amide bonds. The lowest BCUT2D eigenvalue weighted by atomic mass is 10.2. The third-order valence-electron chi connectivity index (χ3n) is 3.94. The molecule has 8 nitrogen and oxygen atoms in total. The minimum atomic E-state index is -0.554. The fourth-order valence-electron chi connectivity index (χ4n) is 2.50. The van der Waals surface area contributed by atoms with Crippen LogP contribution in [-0.2, 0) is 9.53 Å². The number of nitro benzene ring substituents is 1. The number of likely N-dealkylation sites (N-methyl/N-ethyl adjacent to an activating group) is 1. The smallest absolute Gasteiger partial charge is 0.293 e. The van der Waals surface area contributed by atoms with Crippen molar-refractivity contribution in [3.63, 3.8) is 0 Å². The Bertz CT molecular complexity index is 619. The van der Waals surface area contributed by atoms with Gasteiger partial charge < -0.3 is 15.4 Å². The fourth-order valence-corrected chi connectivity index (χ4v) is 3.10. The van der Waals surface area contributed by atoms with E-state index in [4.69, 9.17) is 10.5 Å². The molecule has 2 N–H and O–H groups in total. The standard InChI is InChI=1S/C14H19BrN4O4/c1-9(18-3-5-23-6-4-18)14(20)17(2)12-8-11(16)13(19(21)22)7-10(12)15/h7-9H,3-6,16H2,1-2H3. The van der Waals surface area contributed by atoms with Crippen LogP contribution in [0.3, 0.4) is 0 Å². The molecule has 1 aromatic rings. The Balaban J connectivity index is 2.22. The summed E-state index contributed by atoms with van der Waals surface area (Å²) in [6.45, 7) is 4.45. The maximum absolute atomic E-state index is 12.7. The zero-order valence-electron chi connectivity index (χ0n) is 13.0. The normalized spacial score (nSPS) is 16.8. The van der Waals surface area contributed by atoms with E-state index in [0.717, 1.165) is 0 Å². The highest BCUT2D eigenvalue weighted by molar-refractivity contribution is 9.10. The number of amides is 1. The molecule has 1 saturated heterocycles. The molecule has 1 aromatic carbocycles. The van der Waals surface area contributed by atoms with Gasteiger partial charge in [0.05, 0.1) is 29.9 Å². The fraction of sp³-hybridized carbons (Fsp3) is 0.500. The highest BCUT2D eigenvalue weighted by Crippen LogP contribution is 2.35. The zero-order chi connectivity index (χ0) is 17.1. The third-order valence-corrected chi connectivity index (χ3v) is 4.57. The lowest BCUT2D eigenvalue weighted by Gasteiger charge is -2.33. The molecule has 1 unspecified atom stereocenters. The van der Waals surface area contributed by atoms with Crippen LogP contribution in [0.2, 0.25) is 0 Å². The maximum Gasteiger partial charge on any atom is 0.293 e. The van der Waals surface area contributed by atoms with Crippen molar-refractivity contribution in [2.75, 3.05) is 44.0 Å². The highest BCUT2D eigenvalue weighted by Gasteiger charge is 2.28. The van der Waals surface area contributed by atoms with Crippen LogP contribution in [0.15, 0.2) is 16.6 Å². The SMILES string of the molecule is CC(C(=O)N(C)c1cc(N)c([N+](=O)[O-])cc1Br)N1CCOCC1. The molecule has 1 fully saturated rings. The lowest BCUT2D eigenvalue weighted by Crippen LogP contribution is -2.50. The molecule has 0 aromatic heterocycles. The summed E-state index contributed by atoms with van der Waals surface area (Å²) < 4.78 is 5.74. The van der Waals surface area contributed by atoms with E-state index in [-0.39, 0.29) is 23.3 Å². The minimum absolute atomic E-state index is 0.0203. The number of ether oxygens (including phenoxy) is 1. The molecule has 0 bridgehead atoms. The molecule has 2 rings (SSSR count). The number of anilines is 2. The van der Waals surface area contributed by atoms with Gasteiger partial charge >= 0.3 is 0 Å². The monoisotopic (exact) mass is 386 g/mol. The number of hydrogen-bond donors (Lipinski definition) is 1. The van der Waals surface area contributed by atoms with Gasteiger partial charge in [-0.2, -0.15) is 0 Å². The van der Waals surface area contributed by atoms with Crippen LogP contribution >= 0.6 is 15.9 Å². The summed E-state index contributed by atoms with van der Waals surface area (Å²) in [5.74, 6) is -0.110. The van der Waals surface area contributed by atoms with E-state index in [0.29, 0.717) is 36.5 Å². The van der Waals surface area contributed by atoms with Crippen LogP contribution in [0.4, 0.5) is 17.1 Å². The third kappa shape index (κ3) is 3.80. The van der Waals surface area contributed by atoms with E-state index < -0.39 is 4.92 Å². The first-order valence-electron chi connectivity index (χ1n) is 7.15. The Hall–Kier alpha value is -1.71. The Morgan fingerprint density at radius 1 is 1.48 bits per heavy atom. The summed E-state index contributed by atoms with van der Waals surface area (Å²) in [6, 6.07) is 2.44. The van der Waals surface area contributed by atoms with Crippen molar-refractivity contribution in [1.82, 2.24) is 4.90 Å². The van der Waals surface area contributed by atoms with Crippen LogP contribution in [0.1, 0.15) is 6.92 Å². The second-order valence-corrected chi connectivity index (χ2v) is 6.20. The molecule has 0 saturated carbocycles. The van der Waals surface area contributed by atoms with Gasteiger partial charge in [0.25, 0.3) is 5.69 Å². The van der Waals surface area contributed by atoms with Crippen molar-refractivity contribution in [1.29, 1.82) is 0 Å². The minimum Gasteiger partial charge on any atom is -0.393 e. The summed E-state index contributed by atoms with van der Waals surface area (Å²) >= 11 is 3.28. The van der Waals surface area contributed by atoms with E-state index in [2.05, 4.69) is 15.9 Å². The molecule has 9 heteroatoms. The molecule has 0 spiro atoms. The molecular weight excluding hydrogens is 368 g/mol. The predicted molar refractivity (Wildman–Crippen MR) is 90.5 cm³/mol. The van der Waals surface area contributed by atoms with Gasteiger partial charge in [-0.15, -0.1) is 0 Å². The molecule has 0 aliphatic carbocycles. The summed E-state index contributed by atoms with van der Waals surface area (Å²) in [5.41, 5.74) is 6.05. The second kappa shape index (κ2) is 7.24. The van der Waals surface area contributed by atoms with Gasteiger partial charge in [-0.1, -0.05) is 0 Å². The van der Waals surface area contributed by atoms with E-state index in [9.17, 15) is 14.9 Å². The van der Waals surface area contributed by atoms with Gasteiger partial charge in [0, 0.05) is 30.7 Å². The topological polar surface area (TPSA) is 102 Å². The zero-order valence-corrected chi connectivity index (χ0v) is 14.6. The summed E-state index contributed by atoms with van der Waals surface area (Å²) in [5, 5.41) is 10.9. The molecule has 1 aliphatic rings. The number of carbonyl (C=O) groups is 1. The number of rotatable bonds is 4. The largest absolute Gasteiger partial charge is 0.393 e. The van der Waals surface area contributed by atoms with Crippen LogP contribution in [0.5, 0.6) is 0 Å². The van der Waals surface area contributed by atoms with Gasteiger partial charge in [-0.3, -0.25) is 19.8 Å². The van der Waals surface area contributed by atoms with Gasteiger partial charge in [-0.25, -0.2) is 0 Å². The van der Waals surface area contributed by atoms with Crippen molar-refractivity contribution in [3.05, 3.63) is 26.7 Å². The van der Waals surface area contributed by atoms with Crippen molar-refractivity contribution in [2.24, 2.45) is 0 Å². The number of nitrogens with zero attached hydrogens (tertiary/aromatic N) is 3. The molecule has 23 heavy (non-hydrogen) atoms. The van der Waals surface area contributed by atoms with E-state index >= 15 is 0 Å². The molecule has 126 valence electrons. The lowest BCUT2D eigenvalue weighted by molar-refractivity contribution is -0.384. The molecule has 1 heterocycles. The Morgan fingerprint density at radius 3 is 2.65 bits per heavy atom. The van der Waals surface area contributed by atoms with E-state index in [1.54, 1.807) is 7.05 Å². The van der Waals surface area contributed by atoms with Crippen LogP contribution < -0.4 is 10.6 Å². The first-order valence-corrected chi connectivity index (χ1v) is 7.95.